The zero-order valence-corrected chi connectivity index (χ0v) is 9.84. The fourth-order valence-electron chi connectivity index (χ4n) is 1.37. The number of nitrogen functional groups attached to an aromatic ring is 1. The number of amides is 1. The topological polar surface area (TPSA) is 102 Å². The highest BCUT2D eigenvalue weighted by Gasteiger charge is 2.09. The van der Waals surface area contributed by atoms with Gasteiger partial charge in [0.15, 0.2) is 0 Å². The Morgan fingerprint density at radius 1 is 1.50 bits per heavy atom. The summed E-state index contributed by atoms with van der Waals surface area (Å²) >= 11 is 0. The minimum Gasteiger partial charge on any atom is -0.497 e. The molecule has 0 aliphatic carbocycles. The summed E-state index contributed by atoms with van der Waals surface area (Å²) < 4.78 is 5.01. The maximum absolute atomic E-state index is 11.6. The number of methoxy groups -OCH3 is 1. The number of nitrogens with one attached hydrogen (secondary N) is 1. The van der Waals surface area contributed by atoms with Crippen LogP contribution in [0.1, 0.15) is 22.3 Å². The van der Waals surface area contributed by atoms with Crippen molar-refractivity contribution in [1.29, 1.82) is 0 Å². The lowest BCUT2D eigenvalue weighted by molar-refractivity contribution is -0.135. The second kappa shape index (κ2) is 6.41. The summed E-state index contributed by atoms with van der Waals surface area (Å²) in [6.45, 7) is 0. The Bertz CT molecular complexity index is 483. The monoisotopic (exact) mass is 250 g/mol. The largest absolute Gasteiger partial charge is 0.497 e. The van der Waals surface area contributed by atoms with Gasteiger partial charge in [0.25, 0.3) is 5.91 Å². The molecule has 0 aliphatic heterocycles. The molecular formula is C12H14N2O4. The molecule has 0 bridgehead atoms. The molecule has 0 unspecified atom stereocenters. The van der Waals surface area contributed by atoms with Crippen LogP contribution in [-0.4, -0.2) is 24.1 Å². The Morgan fingerprint density at radius 3 is 2.78 bits per heavy atom. The molecule has 0 atom stereocenters. The van der Waals surface area contributed by atoms with Crippen LogP contribution >= 0.6 is 0 Å². The van der Waals surface area contributed by atoms with Crippen LogP contribution in [0.5, 0.6) is 5.75 Å². The van der Waals surface area contributed by atoms with Crippen LogP contribution in [0, 0.1) is 0 Å². The molecule has 4 N–H and O–H groups in total. The van der Waals surface area contributed by atoms with E-state index in [2.05, 4.69) is 0 Å². The molecule has 1 aromatic rings. The zero-order chi connectivity index (χ0) is 13.5. The van der Waals surface area contributed by atoms with Crippen molar-refractivity contribution in [3.05, 3.63) is 35.4 Å². The van der Waals surface area contributed by atoms with Crippen molar-refractivity contribution >= 4 is 18.0 Å². The maximum Gasteiger partial charge on any atom is 0.307 e. The standard InChI is InChI=1S/C12H14N2O4/c1-18-9-6-5-8(3-2-4-11(15)16)10(7-9)12(17)14-13/h2-3,5-7H,4,13H2,1H3,(H,14,17)(H,15,16). The van der Waals surface area contributed by atoms with E-state index in [0.717, 1.165) is 0 Å². The van der Waals surface area contributed by atoms with Gasteiger partial charge in [-0.3, -0.25) is 15.0 Å². The van der Waals surface area contributed by atoms with E-state index in [1.54, 1.807) is 18.2 Å². The quantitative estimate of drug-likeness (QED) is 0.407. The van der Waals surface area contributed by atoms with Crippen LogP contribution in [0.15, 0.2) is 24.3 Å². The van der Waals surface area contributed by atoms with Crippen molar-refractivity contribution in [2.24, 2.45) is 5.84 Å². The number of hydrazine groups is 1. The van der Waals surface area contributed by atoms with Crippen LogP contribution in [0.3, 0.4) is 0 Å². The van der Waals surface area contributed by atoms with E-state index in [-0.39, 0.29) is 6.42 Å². The first-order chi connectivity index (χ1) is 8.58. The lowest BCUT2D eigenvalue weighted by atomic mass is 10.1. The second-order valence-electron chi connectivity index (χ2n) is 3.43. The lowest BCUT2D eigenvalue weighted by Crippen LogP contribution is -2.30. The molecule has 0 saturated heterocycles. The maximum atomic E-state index is 11.6. The summed E-state index contributed by atoms with van der Waals surface area (Å²) in [5.74, 6) is 4.19. The van der Waals surface area contributed by atoms with Crippen molar-refractivity contribution in [2.75, 3.05) is 7.11 Å². The van der Waals surface area contributed by atoms with Gasteiger partial charge in [-0.25, -0.2) is 5.84 Å². The van der Waals surface area contributed by atoms with E-state index >= 15 is 0 Å². The molecule has 0 radical (unpaired) electrons. The van der Waals surface area contributed by atoms with Crippen molar-refractivity contribution in [2.45, 2.75) is 6.42 Å². The highest BCUT2D eigenvalue weighted by molar-refractivity contribution is 5.97. The Balaban J connectivity index is 3.06. The summed E-state index contributed by atoms with van der Waals surface area (Å²) in [6, 6.07) is 4.86. The van der Waals surface area contributed by atoms with Gasteiger partial charge >= 0.3 is 5.97 Å². The predicted octanol–water partition coefficient (Wildman–Crippen LogP) is 0.787. The summed E-state index contributed by atoms with van der Waals surface area (Å²) in [4.78, 5) is 22.0. The van der Waals surface area contributed by atoms with Gasteiger partial charge in [0.05, 0.1) is 19.1 Å². The Labute approximate surface area is 104 Å². The fourth-order valence-corrected chi connectivity index (χ4v) is 1.37. The van der Waals surface area contributed by atoms with Gasteiger partial charge in [-0.2, -0.15) is 0 Å². The molecular weight excluding hydrogens is 236 g/mol. The molecule has 96 valence electrons. The molecule has 1 aromatic carbocycles. The number of carboxylic acid groups (broad SMARTS) is 1. The van der Waals surface area contributed by atoms with E-state index in [9.17, 15) is 9.59 Å². The normalized spacial score (nSPS) is 10.3. The number of benzene rings is 1. The van der Waals surface area contributed by atoms with Crippen molar-refractivity contribution in [3.8, 4) is 5.75 Å². The molecule has 18 heavy (non-hydrogen) atoms. The van der Waals surface area contributed by atoms with E-state index in [1.165, 1.54) is 19.3 Å². The number of ether oxygens (including phenoxy) is 1. The molecule has 0 aliphatic rings. The van der Waals surface area contributed by atoms with Crippen LogP contribution in [0.25, 0.3) is 6.08 Å². The highest BCUT2D eigenvalue weighted by atomic mass is 16.5. The van der Waals surface area contributed by atoms with Crippen LogP contribution in [0.4, 0.5) is 0 Å². The molecule has 0 saturated carbocycles. The first kappa shape index (κ1) is 13.7. The van der Waals surface area contributed by atoms with Gasteiger partial charge in [0.1, 0.15) is 5.75 Å². The van der Waals surface area contributed by atoms with E-state index in [1.807, 2.05) is 5.43 Å². The third-order valence-corrected chi connectivity index (χ3v) is 2.23. The van der Waals surface area contributed by atoms with E-state index in [0.29, 0.717) is 16.9 Å². The third kappa shape index (κ3) is 3.60. The third-order valence-electron chi connectivity index (χ3n) is 2.23. The van der Waals surface area contributed by atoms with Gasteiger partial charge in [0.2, 0.25) is 0 Å². The molecule has 0 spiro atoms. The van der Waals surface area contributed by atoms with Crippen LogP contribution < -0.4 is 16.0 Å². The minimum atomic E-state index is -0.940. The number of rotatable bonds is 5. The molecule has 6 nitrogen and oxygen atoms in total. The molecule has 1 rings (SSSR count). The Kier molecular flexibility index (Phi) is 4.89. The fraction of sp³-hybridized carbons (Fsp3) is 0.167. The summed E-state index contributed by atoms with van der Waals surface area (Å²) in [7, 11) is 1.49. The van der Waals surface area contributed by atoms with Gasteiger partial charge in [0, 0.05) is 0 Å². The summed E-state index contributed by atoms with van der Waals surface area (Å²) in [6.07, 6.45) is 2.89. The lowest BCUT2D eigenvalue weighted by Gasteiger charge is -2.07. The van der Waals surface area contributed by atoms with Gasteiger partial charge in [-0.05, 0) is 17.7 Å². The zero-order valence-electron chi connectivity index (χ0n) is 9.84. The van der Waals surface area contributed by atoms with Crippen molar-refractivity contribution < 1.29 is 19.4 Å². The predicted molar refractivity (Wildman–Crippen MR) is 65.9 cm³/mol. The molecule has 0 aromatic heterocycles. The van der Waals surface area contributed by atoms with Gasteiger partial charge < -0.3 is 9.84 Å². The SMILES string of the molecule is COc1ccc(C=CCC(=O)O)c(C(=O)NN)c1. The van der Waals surface area contributed by atoms with Gasteiger partial charge in [-0.1, -0.05) is 18.2 Å². The Morgan fingerprint density at radius 2 is 2.22 bits per heavy atom. The second-order valence-corrected chi connectivity index (χ2v) is 3.43. The summed E-state index contributed by atoms with van der Waals surface area (Å²) in [5.41, 5.74) is 2.91. The van der Waals surface area contributed by atoms with Gasteiger partial charge in [-0.15, -0.1) is 0 Å². The number of hydrogen-bond donors (Lipinski definition) is 3. The average molecular weight is 250 g/mol. The molecule has 6 heteroatoms. The van der Waals surface area contributed by atoms with Crippen molar-refractivity contribution in [3.63, 3.8) is 0 Å². The summed E-state index contributed by atoms with van der Waals surface area (Å²) in [5, 5.41) is 8.53. The number of carboxylic acids is 1. The Hall–Kier alpha value is -2.34. The number of carbonyl (C=O) groups excluding carboxylic acids is 1. The average Bonchev–Trinajstić information content (AvgIpc) is 2.37. The van der Waals surface area contributed by atoms with Crippen molar-refractivity contribution in [1.82, 2.24) is 5.43 Å². The minimum absolute atomic E-state index is 0.115. The smallest absolute Gasteiger partial charge is 0.307 e. The number of carbonyl (C=O) groups is 2. The van der Waals surface area contributed by atoms with E-state index < -0.39 is 11.9 Å². The molecule has 0 fully saturated rings. The first-order valence-corrected chi connectivity index (χ1v) is 5.15. The highest BCUT2D eigenvalue weighted by Crippen LogP contribution is 2.19. The van der Waals surface area contributed by atoms with E-state index in [4.69, 9.17) is 15.7 Å². The number of aliphatic carboxylic acids is 1. The van der Waals surface area contributed by atoms with Crippen LogP contribution in [0.2, 0.25) is 0 Å². The first-order valence-electron chi connectivity index (χ1n) is 5.15. The van der Waals surface area contributed by atoms with Crippen LogP contribution in [-0.2, 0) is 4.79 Å². The molecule has 0 heterocycles. The number of hydrogen-bond acceptors (Lipinski definition) is 4. The molecule has 1 amide bonds. The number of nitrogens with two attached hydrogens (primary N) is 1.